The summed E-state index contributed by atoms with van der Waals surface area (Å²) in [5.74, 6) is -0.113. The molecular weight excluding hydrogens is 180 g/mol. The van der Waals surface area contributed by atoms with E-state index >= 15 is 0 Å². The molecule has 1 N–H and O–H groups in total. The van der Waals surface area contributed by atoms with Crippen molar-refractivity contribution < 1.29 is 14.6 Å². The van der Waals surface area contributed by atoms with Gasteiger partial charge in [0.05, 0.1) is 5.92 Å². The Morgan fingerprint density at radius 3 is 2.57 bits per heavy atom. The highest BCUT2D eigenvalue weighted by Crippen LogP contribution is 2.33. The molecule has 2 atom stereocenters. The Labute approximate surface area is 85.5 Å². The Morgan fingerprint density at radius 2 is 2.07 bits per heavy atom. The zero-order valence-corrected chi connectivity index (χ0v) is 9.25. The van der Waals surface area contributed by atoms with Crippen LogP contribution in [0.5, 0.6) is 0 Å². The Bertz CT molecular complexity index is 205. The first-order chi connectivity index (χ1) is 6.44. The lowest BCUT2D eigenvalue weighted by molar-refractivity contribution is -0.161. The van der Waals surface area contributed by atoms with E-state index in [0.29, 0.717) is 0 Å². The minimum Gasteiger partial charge on any atom is -0.460 e. The predicted molar refractivity (Wildman–Crippen MR) is 53.8 cm³/mol. The molecule has 1 fully saturated rings. The fraction of sp³-hybridized carbons (Fsp3) is 0.909. The summed E-state index contributed by atoms with van der Waals surface area (Å²) < 4.78 is 5.30. The summed E-state index contributed by atoms with van der Waals surface area (Å²) in [4.78, 5) is 11.7. The summed E-state index contributed by atoms with van der Waals surface area (Å²) in [6.07, 6.45) is 2.83. The van der Waals surface area contributed by atoms with E-state index in [1.165, 1.54) is 0 Å². The van der Waals surface area contributed by atoms with Crippen LogP contribution < -0.4 is 0 Å². The summed E-state index contributed by atoms with van der Waals surface area (Å²) in [6.45, 7) is 5.71. The van der Waals surface area contributed by atoms with Crippen LogP contribution in [-0.4, -0.2) is 23.3 Å². The molecule has 0 bridgehead atoms. The standard InChI is InChI=1S/C11H20O3/c1-11(2,3)14-10(13)9-6-4-5-8(9)7-12/h8-9,12H,4-7H2,1-3H3/t8-,9+/m0/s1. The van der Waals surface area contributed by atoms with Gasteiger partial charge >= 0.3 is 5.97 Å². The fourth-order valence-corrected chi connectivity index (χ4v) is 1.94. The summed E-state index contributed by atoms with van der Waals surface area (Å²) >= 11 is 0. The number of ether oxygens (including phenoxy) is 1. The van der Waals surface area contributed by atoms with E-state index in [1.54, 1.807) is 0 Å². The number of aliphatic hydroxyl groups excluding tert-OH is 1. The minimum absolute atomic E-state index is 0.0841. The zero-order chi connectivity index (χ0) is 10.8. The topological polar surface area (TPSA) is 46.5 Å². The molecule has 0 aromatic carbocycles. The SMILES string of the molecule is CC(C)(C)OC(=O)[C@@H]1CCC[C@H]1CO. The van der Waals surface area contributed by atoms with Crippen LogP contribution >= 0.6 is 0 Å². The molecule has 0 heterocycles. The van der Waals surface area contributed by atoms with Gasteiger partial charge < -0.3 is 9.84 Å². The van der Waals surface area contributed by atoms with E-state index < -0.39 is 5.60 Å². The van der Waals surface area contributed by atoms with E-state index in [9.17, 15) is 4.79 Å². The van der Waals surface area contributed by atoms with Gasteiger partial charge in [-0.15, -0.1) is 0 Å². The third kappa shape index (κ3) is 2.98. The molecule has 0 aromatic heterocycles. The van der Waals surface area contributed by atoms with Crippen molar-refractivity contribution in [1.29, 1.82) is 0 Å². The molecule has 0 radical (unpaired) electrons. The number of carbonyl (C=O) groups is 1. The number of aliphatic hydroxyl groups is 1. The van der Waals surface area contributed by atoms with Gasteiger partial charge in [-0.25, -0.2) is 0 Å². The van der Waals surface area contributed by atoms with Crippen molar-refractivity contribution in [1.82, 2.24) is 0 Å². The Kier molecular flexibility index (Phi) is 3.53. The molecule has 1 aliphatic rings. The highest BCUT2D eigenvalue weighted by atomic mass is 16.6. The van der Waals surface area contributed by atoms with Crippen LogP contribution in [0.4, 0.5) is 0 Å². The number of esters is 1. The summed E-state index contributed by atoms with van der Waals surface area (Å²) in [5.41, 5.74) is -0.417. The third-order valence-electron chi connectivity index (χ3n) is 2.60. The maximum absolute atomic E-state index is 11.7. The molecule has 3 heteroatoms. The van der Waals surface area contributed by atoms with Gasteiger partial charge in [0.2, 0.25) is 0 Å². The lowest BCUT2D eigenvalue weighted by atomic mass is 9.97. The van der Waals surface area contributed by atoms with Gasteiger partial charge in [-0.3, -0.25) is 4.79 Å². The van der Waals surface area contributed by atoms with Crippen molar-refractivity contribution in [3.63, 3.8) is 0 Å². The van der Waals surface area contributed by atoms with Crippen LogP contribution in [-0.2, 0) is 9.53 Å². The number of hydrogen-bond acceptors (Lipinski definition) is 3. The van der Waals surface area contributed by atoms with Crippen LogP contribution in [0.1, 0.15) is 40.0 Å². The monoisotopic (exact) mass is 200 g/mol. The molecule has 0 spiro atoms. The summed E-state index contributed by atoms with van der Waals surface area (Å²) in [6, 6.07) is 0. The van der Waals surface area contributed by atoms with Gasteiger partial charge in [-0.1, -0.05) is 6.42 Å². The highest BCUT2D eigenvalue weighted by Gasteiger charge is 2.35. The maximum atomic E-state index is 11.7. The second-order valence-electron chi connectivity index (χ2n) is 5.01. The minimum atomic E-state index is -0.417. The molecule has 1 rings (SSSR count). The van der Waals surface area contributed by atoms with Gasteiger partial charge in [0.25, 0.3) is 0 Å². The van der Waals surface area contributed by atoms with Crippen molar-refractivity contribution in [2.24, 2.45) is 11.8 Å². The average Bonchev–Trinajstić information content (AvgIpc) is 2.47. The van der Waals surface area contributed by atoms with Crippen molar-refractivity contribution in [2.75, 3.05) is 6.61 Å². The first-order valence-electron chi connectivity index (χ1n) is 5.28. The first-order valence-corrected chi connectivity index (χ1v) is 5.28. The molecular formula is C11H20O3. The Balaban J connectivity index is 2.52. The largest absolute Gasteiger partial charge is 0.460 e. The van der Waals surface area contributed by atoms with Gasteiger partial charge in [0, 0.05) is 6.61 Å². The molecule has 14 heavy (non-hydrogen) atoms. The predicted octanol–water partition coefficient (Wildman–Crippen LogP) is 1.74. The second-order valence-corrected chi connectivity index (χ2v) is 5.01. The zero-order valence-electron chi connectivity index (χ0n) is 9.25. The van der Waals surface area contributed by atoms with E-state index in [0.717, 1.165) is 19.3 Å². The smallest absolute Gasteiger partial charge is 0.309 e. The van der Waals surface area contributed by atoms with Crippen molar-refractivity contribution in [2.45, 2.75) is 45.6 Å². The van der Waals surface area contributed by atoms with Gasteiger partial charge in [-0.2, -0.15) is 0 Å². The molecule has 1 aliphatic carbocycles. The van der Waals surface area contributed by atoms with Crippen LogP contribution in [0, 0.1) is 11.8 Å². The number of hydrogen-bond donors (Lipinski definition) is 1. The Morgan fingerprint density at radius 1 is 1.43 bits per heavy atom. The normalized spacial score (nSPS) is 27.7. The summed E-state index contributed by atoms with van der Waals surface area (Å²) in [5, 5.41) is 9.08. The third-order valence-corrected chi connectivity index (χ3v) is 2.60. The van der Waals surface area contributed by atoms with Gasteiger partial charge in [-0.05, 0) is 39.5 Å². The second kappa shape index (κ2) is 4.30. The average molecular weight is 200 g/mol. The molecule has 0 aromatic rings. The first kappa shape index (κ1) is 11.5. The lowest BCUT2D eigenvalue weighted by Gasteiger charge is -2.24. The van der Waals surface area contributed by atoms with Gasteiger partial charge in [0.15, 0.2) is 0 Å². The van der Waals surface area contributed by atoms with Crippen LogP contribution in [0.2, 0.25) is 0 Å². The van der Waals surface area contributed by atoms with E-state index in [4.69, 9.17) is 9.84 Å². The molecule has 0 amide bonds. The lowest BCUT2D eigenvalue weighted by Crippen LogP contribution is -2.31. The molecule has 82 valence electrons. The molecule has 0 unspecified atom stereocenters. The van der Waals surface area contributed by atoms with Crippen LogP contribution in [0.15, 0.2) is 0 Å². The number of rotatable bonds is 2. The van der Waals surface area contributed by atoms with Gasteiger partial charge in [0.1, 0.15) is 5.60 Å². The fourth-order valence-electron chi connectivity index (χ4n) is 1.94. The molecule has 0 aliphatic heterocycles. The van der Waals surface area contributed by atoms with Crippen molar-refractivity contribution >= 4 is 5.97 Å². The number of carbonyl (C=O) groups excluding carboxylic acids is 1. The van der Waals surface area contributed by atoms with E-state index in [1.807, 2.05) is 20.8 Å². The van der Waals surface area contributed by atoms with Crippen molar-refractivity contribution in [3.8, 4) is 0 Å². The van der Waals surface area contributed by atoms with Crippen molar-refractivity contribution in [3.05, 3.63) is 0 Å². The molecule has 0 saturated heterocycles. The van der Waals surface area contributed by atoms with Crippen LogP contribution in [0.25, 0.3) is 0 Å². The van der Waals surface area contributed by atoms with E-state index in [2.05, 4.69) is 0 Å². The maximum Gasteiger partial charge on any atom is 0.309 e. The van der Waals surface area contributed by atoms with E-state index in [-0.39, 0.29) is 24.4 Å². The molecule has 1 saturated carbocycles. The quantitative estimate of drug-likeness (QED) is 0.691. The summed E-state index contributed by atoms with van der Waals surface area (Å²) in [7, 11) is 0. The molecule has 3 nitrogen and oxygen atoms in total. The Hall–Kier alpha value is -0.570. The van der Waals surface area contributed by atoms with Crippen LogP contribution in [0.3, 0.4) is 0 Å². The highest BCUT2D eigenvalue weighted by molar-refractivity contribution is 5.73.